The van der Waals surface area contributed by atoms with Crippen LogP contribution in [0, 0.1) is 12.3 Å². The van der Waals surface area contributed by atoms with E-state index in [1.54, 1.807) is 13.0 Å². The summed E-state index contributed by atoms with van der Waals surface area (Å²) in [5, 5.41) is 19.9. The predicted molar refractivity (Wildman–Crippen MR) is 162 cm³/mol. The molecule has 9 heteroatoms. The second-order valence-electron chi connectivity index (χ2n) is 10.6. The molecule has 2 aromatic carbocycles. The number of aliphatic carboxylic acids is 1. The summed E-state index contributed by atoms with van der Waals surface area (Å²) >= 11 is 0. The highest BCUT2D eigenvalue weighted by molar-refractivity contribution is 6.08. The Kier molecular flexibility index (Phi) is 9.51. The molecule has 1 atom stereocenters. The van der Waals surface area contributed by atoms with E-state index in [0.717, 1.165) is 61.3 Å². The van der Waals surface area contributed by atoms with Gasteiger partial charge in [-0.15, -0.1) is 0 Å². The normalized spacial score (nSPS) is 17.2. The van der Waals surface area contributed by atoms with Gasteiger partial charge in [-0.05, 0) is 73.6 Å². The molecule has 0 saturated carbocycles. The van der Waals surface area contributed by atoms with E-state index in [1.807, 2.05) is 37.3 Å². The molecule has 2 aliphatic heterocycles. The third-order valence-corrected chi connectivity index (χ3v) is 7.62. The number of hydrogen-bond donors (Lipinski definition) is 3. The van der Waals surface area contributed by atoms with Crippen molar-refractivity contribution in [3.63, 3.8) is 0 Å². The standard InChI is InChI=1S/C33H38N4O5/c1-3-40-32(28(18-34)33(38)39)36-30-11-5-10-29(35-30)27-9-4-7-22(2)31(27)42-21-23-12-13-25-19-37(15-14-24(25)17-23)20-26-8-6-16-41-26/h4-5,7,9-13,17-18,26,34H,3,6,8,14-16,19-21H2,1-2H3,(H,35,36)(H,38,39)/b32-28-,34-18?. The molecule has 2 aliphatic rings. The van der Waals surface area contributed by atoms with Crippen LogP contribution in [0.4, 0.5) is 5.82 Å². The van der Waals surface area contributed by atoms with E-state index in [9.17, 15) is 9.90 Å². The smallest absolute Gasteiger partial charge is 0.342 e. The largest absolute Gasteiger partial charge is 0.488 e. The molecular weight excluding hydrogens is 532 g/mol. The first-order chi connectivity index (χ1) is 20.4. The van der Waals surface area contributed by atoms with E-state index in [2.05, 4.69) is 28.4 Å². The van der Waals surface area contributed by atoms with Crippen molar-refractivity contribution in [2.24, 2.45) is 0 Å². The van der Waals surface area contributed by atoms with E-state index in [0.29, 0.717) is 24.2 Å². The Labute approximate surface area is 246 Å². The highest BCUT2D eigenvalue weighted by Gasteiger charge is 2.23. The number of ether oxygens (including phenoxy) is 3. The first-order valence-electron chi connectivity index (χ1n) is 14.5. The van der Waals surface area contributed by atoms with E-state index in [-0.39, 0.29) is 18.1 Å². The van der Waals surface area contributed by atoms with E-state index >= 15 is 0 Å². The molecule has 3 aromatic rings. The monoisotopic (exact) mass is 570 g/mol. The van der Waals surface area contributed by atoms with Crippen molar-refractivity contribution in [3.05, 3.63) is 88.3 Å². The summed E-state index contributed by atoms with van der Waals surface area (Å²) in [4.78, 5) is 18.8. The van der Waals surface area contributed by atoms with Gasteiger partial charge < -0.3 is 30.0 Å². The number of rotatable bonds is 12. The van der Waals surface area contributed by atoms with Gasteiger partial charge in [0.1, 0.15) is 23.7 Å². The minimum atomic E-state index is -1.26. The van der Waals surface area contributed by atoms with E-state index in [1.165, 1.54) is 24.0 Å². The number of nitrogens with zero attached hydrogens (tertiary/aromatic N) is 2. The molecule has 1 fully saturated rings. The van der Waals surface area contributed by atoms with Crippen molar-refractivity contribution in [2.75, 3.05) is 31.6 Å². The average Bonchev–Trinajstić information content (AvgIpc) is 3.50. The molecule has 1 aromatic heterocycles. The van der Waals surface area contributed by atoms with Crippen molar-refractivity contribution < 1.29 is 24.1 Å². The summed E-state index contributed by atoms with van der Waals surface area (Å²) in [6.07, 6.45) is 4.48. The van der Waals surface area contributed by atoms with Crippen LogP contribution < -0.4 is 10.1 Å². The number of aryl methyl sites for hydroxylation is 1. The highest BCUT2D eigenvalue weighted by Crippen LogP contribution is 2.33. The maximum atomic E-state index is 11.6. The number of carbonyl (C=O) groups is 1. The second-order valence-corrected chi connectivity index (χ2v) is 10.6. The van der Waals surface area contributed by atoms with Crippen LogP contribution in [0.5, 0.6) is 5.75 Å². The van der Waals surface area contributed by atoms with Gasteiger partial charge in [0.2, 0.25) is 5.88 Å². The Balaban J connectivity index is 1.31. The molecule has 5 rings (SSSR count). The van der Waals surface area contributed by atoms with E-state index < -0.39 is 5.97 Å². The maximum absolute atomic E-state index is 11.6. The number of carboxylic acids is 1. The molecule has 42 heavy (non-hydrogen) atoms. The van der Waals surface area contributed by atoms with Crippen molar-refractivity contribution in [1.82, 2.24) is 9.88 Å². The van der Waals surface area contributed by atoms with Crippen molar-refractivity contribution in [1.29, 1.82) is 5.41 Å². The molecule has 3 N–H and O–H groups in total. The fourth-order valence-electron chi connectivity index (χ4n) is 5.51. The summed E-state index contributed by atoms with van der Waals surface area (Å²) in [6.45, 7) is 8.33. The summed E-state index contributed by atoms with van der Waals surface area (Å²) in [5.41, 5.74) is 6.08. The molecule has 1 unspecified atom stereocenters. The van der Waals surface area contributed by atoms with Gasteiger partial charge in [0.05, 0.1) is 18.4 Å². The molecule has 0 amide bonds. The van der Waals surface area contributed by atoms with Gasteiger partial charge in [-0.25, -0.2) is 9.78 Å². The van der Waals surface area contributed by atoms with Gasteiger partial charge in [0.15, 0.2) is 0 Å². The molecule has 0 spiro atoms. The minimum Gasteiger partial charge on any atom is -0.488 e. The first-order valence-corrected chi connectivity index (χ1v) is 14.5. The topological polar surface area (TPSA) is 117 Å². The molecule has 220 valence electrons. The third kappa shape index (κ3) is 6.98. The molecule has 3 heterocycles. The molecule has 0 radical (unpaired) electrons. The molecule has 1 saturated heterocycles. The second kappa shape index (κ2) is 13.6. The Morgan fingerprint density at radius 2 is 2.07 bits per heavy atom. The number of nitrogens with one attached hydrogen (secondary N) is 2. The fourth-order valence-corrected chi connectivity index (χ4v) is 5.51. The van der Waals surface area contributed by atoms with Crippen molar-refractivity contribution in [2.45, 2.75) is 52.4 Å². The van der Waals surface area contributed by atoms with Crippen LogP contribution in [0.1, 0.15) is 42.0 Å². The van der Waals surface area contributed by atoms with Gasteiger partial charge in [-0.3, -0.25) is 4.90 Å². The highest BCUT2D eigenvalue weighted by atomic mass is 16.5. The minimum absolute atomic E-state index is 0.0345. The Bertz CT molecular complexity index is 1460. The molecular formula is C33H38N4O5. The number of hydrogen-bond acceptors (Lipinski definition) is 8. The lowest BCUT2D eigenvalue weighted by Crippen LogP contribution is -2.36. The number of anilines is 1. The maximum Gasteiger partial charge on any atom is 0.342 e. The fraction of sp³-hybridized carbons (Fsp3) is 0.364. The summed E-state index contributed by atoms with van der Waals surface area (Å²) in [7, 11) is 0. The zero-order valence-electron chi connectivity index (χ0n) is 24.2. The van der Waals surface area contributed by atoms with Gasteiger partial charge in [0.25, 0.3) is 0 Å². The number of benzene rings is 2. The summed E-state index contributed by atoms with van der Waals surface area (Å²) in [6, 6.07) is 18.0. The quantitative estimate of drug-likeness (QED) is 0.147. The van der Waals surface area contributed by atoms with Crippen molar-refractivity contribution >= 4 is 18.0 Å². The Morgan fingerprint density at radius 3 is 2.83 bits per heavy atom. The molecule has 0 bridgehead atoms. The molecule has 9 nitrogen and oxygen atoms in total. The summed E-state index contributed by atoms with van der Waals surface area (Å²) in [5.74, 6) is -0.154. The number of para-hydroxylation sites is 1. The lowest BCUT2D eigenvalue weighted by molar-refractivity contribution is -0.132. The number of fused-ring (bicyclic) bond motifs is 1. The molecule has 0 aliphatic carbocycles. The van der Waals surface area contributed by atoms with Gasteiger partial charge in [-0.1, -0.05) is 36.4 Å². The van der Waals surface area contributed by atoms with Crippen LogP contribution in [-0.4, -0.2) is 59.6 Å². The first kappa shape index (κ1) is 29.3. The number of aromatic nitrogens is 1. The average molecular weight is 571 g/mol. The van der Waals surface area contributed by atoms with Gasteiger partial charge in [0, 0.05) is 38.0 Å². The third-order valence-electron chi connectivity index (χ3n) is 7.62. The van der Waals surface area contributed by atoms with Crippen LogP contribution in [-0.2, 0) is 33.8 Å². The SMILES string of the molecule is CCO/C(Nc1cccc(-c2cccc(C)c2OCc2ccc3c(c2)CCN(CC2CCCO2)C3)n1)=C(/C=N)C(=O)O. The summed E-state index contributed by atoms with van der Waals surface area (Å²) < 4.78 is 17.7. The van der Waals surface area contributed by atoms with Crippen LogP contribution in [0.25, 0.3) is 11.3 Å². The number of pyridine rings is 1. The van der Waals surface area contributed by atoms with Crippen LogP contribution in [0.2, 0.25) is 0 Å². The lowest BCUT2D eigenvalue weighted by atomic mass is 9.97. The van der Waals surface area contributed by atoms with E-state index in [4.69, 9.17) is 24.6 Å². The van der Waals surface area contributed by atoms with Crippen LogP contribution in [0.15, 0.2) is 66.1 Å². The number of carboxylic acid groups (broad SMARTS) is 1. The van der Waals surface area contributed by atoms with Gasteiger partial charge >= 0.3 is 5.97 Å². The Morgan fingerprint density at radius 1 is 1.21 bits per heavy atom. The Hall–Kier alpha value is -4.21. The van der Waals surface area contributed by atoms with Crippen LogP contribution in [0.3, 0.4) is 0 Å². The van der Waals surface area contributed by atoms with Crippen molar-refractivity contribution in [3.8, 4) is 17.0 Å². The lowest BCUT2D eigenvalue weighted by Gasteiger charge is -2.30. The van der Waals surface area contributed by atoms with Gasteiger partial charge in [-0.2, -0.15) is 0 Å². The zero-order chi connectivity index (χ0) is 29.5. The van der Waals surface area contributed by atoms with Crippen LogP contribution >= 0.6 is 0 Å². The predicted octanol–water partition coefficient (Wildman–Crippen LogP) is 5.57. The zero-order valence-corrected chi connectivity index (χ0v) is 24.2.